The highest BCUT2D eigenvalue weighted by Crippen LogP contribution is 2.24. The summed E-state index contributed by atoms with van der Waals surface area (Å²) in [4.78, 5) is 0. The molecule has 0 aliphatic heterocycles. The molecule has 0 bridgehead atoms. The molecule has 2 aromatic rings. The first-order chi connectivity index (χ1) is 10.2. The van der Waals surface area contributed by atoms with Crippen LogP contribution < -0.4 is 10.1 Å². The Bertz CT molecular complexity index is 742. The Hall–Kier alpha value is -3.18. The van der Waals surface area contributed by atoms with E-state index >= 15 is 0 Å². The first-order valence-electron chi connectivity index (χ1n) is 6.22. The fraction of sp³-hybridized carbons (Fsp3) is 0.125. The standard InChI is InChI=1S/C16H13N3O2/c1-21-15-5-3-12(16(20)7-15)10-19-14-4-2-11(8-17)13(6-14)9-18/h2-7,19-20H,10H2,1H3. The van der Waals surface area contributed by atoms with E-state index in [-0.39, 0.29) is 5.75 Å². The summed E-state index contributed by atoms with van der Waals surface area (Å²) in [5.41, 5.74) is 2.08. The van der Waals surface area contributed by atoms with Gasteiger partial charge < -0.3 is 15.2 Å². The van der Waals surface area contributed by atoms with E-state index in [1.165, 1.54) is 13.2 Å². The van der Waals surface area contributed by atoms with Crippen molar-refractivity contribution in [2.24, 2.45) is 0 Å². The van der Waals surface area contributed by atoms with Crippen LogP contribution in [0.25, 0.3) is 0 Å². The number of phenols is 1. The first kappa shape index (κ1) is 14.2. The second-order valence-corrected chi connectivity index (χ2v) is 4.33. The molecular formula is C16H13N3O2. The Morgan fingerprint density at radius 1 is 1.10 bits per heavy atom. The number of methoxy groups -OCH3 is 1. The maximum Gasteiger partial charge on any atom is 0.124 e. The highest BCUT2D eigenvalue weighted by atomic mass is 16.5. The van der Waals surface area contributed by atoms with E-state index in [2.05, 4.69) is 5.32 Å². The minimum absolute atomic E-state index is 0.135. The van der Waals surface area contributed by atoms with Gasteiger partial charge >= 0.3 is 0 Å². The van der Waals surface area contributed by atoms with Gasteiger partial charge in [-0.25, -0.2) is 0 Å². The van der Waals surface area contributed by atoms with Crippen LogP contribution in [0.2, 0.25) is 0 Å². The van der Waals surface area contributed by atoms with Crippen LogP contribution in [0.4, 0.5) is 5.69 Å². The van der Waals surface area contributed by atoms with Gasteiger partial charge in [0, 0.05) is 23.9 Å². The Kier molecular flexibility index (Phi) is 4.28. The molecule has 5 heteroatoms. The molecule has 0 saturated heterocycles. The van der Waals surface area contributed by atoms with Crippen molar-refractivity contribution < 1.29 is 9.84 Å². The molecule has 0 atom stereocenters. The number of anilines is 1. The summed E-state index contributed by atoms with van der Waals surface area (Å²) in [5.74, 6) is 0.720. The maximum atomic E-state index is 9.87. The van der Waals surface area contributed by atoms with Gasteiger partial charge in [-0.15, -0.1) is 0 Å². The molecule has 5 nitrogen and oxygen atoms in total. The van der Waals surface area contributed by atoms with E-state index in [0.717, 1.165) is 0 Å². The van der Waals surface area contributed by atoms with Crippen molar-refractivity contribution in [2.75, 3.05) is 12.4 Å². The number of aromatic hydroxyl groups is 1. The number of hydrogen-bond donors (Lipinski definition) is 2. The molecule has 0 fully saturated rings. The fourth-order valence-corrected chi connectivity index (χ4v) is 1.86. The van der Waals surface area contributed by atoms with Crippen LogP contribution in [0, 0.1) is 22.7 Å². The number of phenolic OH excluding ortho intramolecular Hbond substituents is 1. The number of nitriles is 2. The van der Waals surface area contributed by atoms with Crippen LogP contribution in [0.3, 0.4) is 0 Å². The average molecular weight is 279 g/mol. The summed E-state index contributed by atoms with van der Waals surface area (Å²) in [6, 6.07) is 13.9. The molecule has 0 aliphatic carbocycles. The van der Waals surface area contributed by atoms with Crippen molar-refractivity contribution >= 4 is 5.69 Å². The predicted molar refractivity (Wildman–Crippen MR) is 77.9 cm³/mol. The molecule has 0 unspecified atom stereocenters. The summed E-state index contributed by atoms with van der Waals surface area (Å²) in [6.07, 6.45) is 0. The van der Waals surface area contributed by atoms with Crippen LogP contribution in [0.5, 0.6) is 11.5 Å². The molecule has 0 heterocycles. The lowest BCUT2D eigenvalue weighted by Crippen LogP contribution is -2.00. The zero-order chi connectivity index (χ0) is 15.2. The van der Waals surface area contributed by atoms with Gasteiger partial charge in [-0.05, 0) is 30.3 Å². The number of hydrogen-bond acceptors (Lipinski definition) is 5. The smallest absolute Gasteiger partial charge is 0.124 e. The Labute approximate surface area is 122 Å². The number of rotatable bonds is 4. The van der Waals surface area contributed by atoms with Gasteiger partial charge in [0.2, 0.25) is 0 Å². The lowest BCUT2D eigenvalue weighted by atomic mass is 10.1. The van der Waals surface area contributed by atoms with Crippen molar-refractivity contribution in [2.45, 2.75) is 6.54 Å². The molecule has 21 heavy (non-hydrogen) atoms. The third-order valence-electron chi connectivity index (χ3n) is 3.04. The monoisotopic (exact) mass is 279 g/mol. The molecule has 2 rings (SSSR count). The van der Waals surface area contributed by atoms with Gasteiger partial charge in [0.25, 0.3) is 0 Å². The van der Waals surface area contributed by atoms with Crippen molar-refractivity contribution in [1.29, 1.82) is 10.5 Å². The van der Waals surface area contributed by atoms with E-state index in [1.54, 1.807) is 30.3 Å². The molecular weight excluding hydrogens is 266 g/mol. The number of nitrogens with zero attached hydrogens (tertiary/aromatic N) is 2. The Balaban J connectivity index is 2.14. The SMILES string of the molecule is COc1ccc(CNc2ccc(C#N)c(C#N)c2)c(O)c1. The topological polar surface area (TPSA) is 89.1 Å². The molecule has 0 spiro atoms. The molecule has 2 aromatic carbocycles. The molecule has 0 radical (unpaired) electrons. The Morgan fingerprint density at radius 2 is 1.86 bits per heavy atom. The highest BCUT2D eigenvalue weighted by molar-refractivity contribution is 5.56. The highest BCUT2D eigenvalue weighted by Gasteiger charge is 2.05. The van der Waals surface area contributed by atoms with E-state index in [1.807, 2.05) is 12.1 Å². The van der Waals surface area contributed by atoms with E-state index < -0.39 is 0 Å². The van der Waals surface area contributed by atoms with Crippen LogP contribution in [-0.4, -0.2) is 12.2 Å². The predicted octanol–water partition coefficient (Wildman–Crippen LogP) is 2.76. The minimum Gasteiger partial charge on any atom is -0.507 e. The van der Waals surface area contributed by atoms with Crippen LogP contribution in [-0.2, 0) is 6.54 Å². The molecule has 2 N–H and O–H groups in total. The van der Waals surface area contributed by atoms with E-state index in [0.29, 0.717) is 34.7 Å². The van der Waals surface area contributed by atoms with Crippen molar-refractivity contribution in [1.82, 2.24) is 0 Å². The second kappa shape index (κ2) is 6.31. The molecule has 0 amide bonds. The van der Waals surface area contributed by atoms with Crippen molar-refractivity contribution in [3.8, 4) is 23.6 Å². The number of nitrogens with one attached hydrogen (secondary N) is 1. The summed E-state index contributed by atoms with van der Waals surface area (Å²) < 4.78 is 5.02. The largest absolute Gasteiger partial charge is 0.507 e. The lowest BCUT2D eigenvalue weighted by Gasteiger charge is -2.10. The first-order valence-corrected chi connectivity index (χ1v) is 6.22. The van der Waals surface area contributed by atoms with Gasteiger partial charge in [0.1, 0.15) is 23.6 Å². The summed E-state index contributed by atoms with van der Waals surface area (Å²) in [5, 5.41) is 30.8. The second-order valence-electron chi connectivity index (χ2n) is 4.33. The fourth-order valence-electron chi connectivity index (χ4n) is 1.86. The van der Waals surface area contributed by atoms with Crippen LogP contribution >= 0.6 is 0 Å². The number of ether oxygens (including phenoxy) is 1. The minimum atomic E-state index is 0.135. The van der Waals surface area contributed by atoms with Crippen LogP contribution in [0.1, 0.15) is 16.7 Å². The average Bonchev–Trinajstić information content (AvgIpc) is 2.53. The van der Waals surface area contributed by atoms with Gasteiger partial charge in [-0.3, -0.25) is 0 Å². The molecule has 104 valence electrons. The number of benzene rings is 2. The van der Waals surface area contributed by atoms with Crippen LogP contribution in [0.15, 0.2) is 36.4 Å². The van der Waals surface area contributed by atoms with Crippen molar-refractivity contribution in [3.63, 3.8) is 0 Å². The van der Waals surface area contributed by atoms with E-state index in [4.69, 9.17) is 15.3 Å². The zero-order valence-electron chi connectivity index (χ0n) is 11.4. The van der Waals surface area contributed by atoms with Gasteiger partial charge in [-0.2, -0.15) is 10.5 Å². The van der Waals surface area contributed by atoms with E-state index in [9.17, 15) is 5.11 Å². The third-order valence-corrected chi connectivity index (χ3v) is 3.04. The third kappa shape index (κ3) is 3.23. The lowest BCUT2D eigenvalue weighted by molar-refractivity contribution is 0.406. The van der Waals surface area contributed by atoms with Gasteiger partial charge in [-0.1, -0.05) is 0 Å². The maximum absolute atomic E-state index is 9.87. The summed E-state index contributed by atoms with van der Waals surface area (Å²) >= 11 is 0. The van der Waals surface area contributed by atoms with Crippen molar-refractivity contribution in [3.05, 3.63) is 53.1 Å². The zero-order valence-corrected chi connectivity index (χ0v) is 11.4. The Morgan fingerprint density at radius 3 is 2.48 bits per heavy atom. The molecule has 0 aliphatic rings. The van der Waals surface area contributed by atoms with Gasteiger partial charge in [0.05, 0.1) is 18.2 Å². The summed E-state index contributed by atoms with van der Waals surface area (Å²) in [7, 11) is 1.53. The normalized spacial score (nSPS) is 9.48. The molecule has 0 saturated carbocycles. The van der Waals surface area contributed by atoms with Gasteiger partial charge in [0.15, 0.2) is 0 Å². The molecule has 0 aromatic heterocycles. The quantitative estimate of drug-likeness (QED) is 0.898. The summed E-state index contributed by atoms with van der Waals surface area (Å²) in [6.45, 7) is 0.395.